The molecule has 0 heterocycles. The van der Waals surface area contributed by atoms with E-state index < -0.39 is 16.7 Å². The molecule has 0 aliphatic heterocycles. The van der Waals surface area contributed by atoms with Gasteiger partial charge < -0.3 is 67.2 Å². The molecule has 0 aromatic heterocycles. The van der Waals surface area contributed by atoms with E-state index in [4.69, 9.17) is 21.7 Å². The van der Waals surface area contributed by atoms with E-state index >= 15 is 0 Å². The van der Waals surface area contributed by atoms with Crippen molar-refractivity contribution in [1.29, 1.82) is 0 Å². The van der Waals surface area contributed by atoms with Crippen molar-refractivity contribution in [3.05, 3.63) is 71.8 Å². The molecule has 0 fully saturated rings. The molecule has 0 bridgehead atoms. The normalized spacial score (nSPS) is 13.1. The smallest absolute Gasteiger partial charge is 0.219 e. The van der Waals surface area contributed by atoms with Crippen LogP contribution in [0.25, 0.3) is 0 Å². The number of methoxy groups -OCH3 is 2. The zero-order chi connectivity index (χ0) is 31.9. The topological polar surface area (TPSA) is 42.0 Å². The van der Waals surface area contributed by atoms with Crippen molar-refractivity contribution < 1.29 is 62.2 Å². The standard InChI is InChI=1S/C15H23NO2.C15H23NOS.2C2H6.2HI/c1-12(17)16(5)14(2,3)15(4,18-6)13-10-8-7-9-11-13;1-12(18)16(5)14(2,3)15(4,17-6)13-10-8-7-9-11-13;2*1-2;;/h2*7-11H,1-6H3;2*1-2H3;2*1H/p-2. The van der Waals surface area contributed by atoms with Crippen LogP contribution in [0, 0.1) is 0 Å². The predicted octanol–water partition coefficient (Wildman–Crippen LogP) is 2.47. The van der Waals surface area contributed by atoms with Crippen molar-refractivity contribution in [2.24, 2.45) is 0 Å². The number of carbonyl (C=O) groups is 1. The molecule has 5 nitrogen and oxygen atoms in total. The SMILES string of the molecule is CC.CC.COC(C)(c1ccccc1)C(C)(C)N(C)C(C)=O.COC(C)(c1ccccc1)C(C)(C)N(C)C(C)=S.[I-].[I-]. The summed E-state index contributed by atoms with van der Waals surface area (Å²) in [6.45, 7) is 24.0. The van der Waals surface area contributed by atoms with E-state index in [1.165, 1.54) is 0 Å². The van der Waals surface area contributed by atoms with Crippen LogP contribution in [0.5, 0.6) is 0 Å². The van der Waals surface area contributed by atoms with E-state index in [1.54, 1.807) is 26.0 Å². The summed E-state index contributed by atoms with van der Waals surface area (Å²) < 4.78 is 11.6. The summed E-state index contributed by atoms with van der Waals surface area (Å²) in [5.74, 6) is 0.0270. The van der Waals surface area contributed by atoms with Gasteiger partial charge in [-0.25, -0.2) is 0 Å². The number of rotatable bonds is 8. The number of carbonyl (C=O) groups excluding carboxylic acids is 1. The Labute approximate surface area is 298 Å². The molecule has 0 radical (unpaired) electrons. The van der Waals surface area contributed by atoms with Gasteiger partial charge in [0, 0.05) is 35.2 Å². The van der Waals surface area contributed by atoms with Crippen LogP contribution < -0.4 is 48.0 Å². The third-order valence-electron chi connectivity index (χ3n) is 8.42. The summed E-state index contributed by atoms with van der Waals surface area (Å²) in [7, 11) is 7.26. The van der Waals surface area contributed by atoms with Gasteiger partial charge in [-0.15, -0.1) is 0 Å². The number of hydrogen-bond donors (Lipinski definition) is 0. The summed E-state index contributed by atoms with van der Waals surface area (Å²) in [5.41, 5.74) is 0.535. The predicted molar refractivity (Wildman–Crippen MR) is 177 cm³/mol. The van der Waals surface area contributed by atoms with E-state index in [9.17, 15) is 4.79 Å². The van der Waals surface area contributed by atoms with E-state index in [2.05, 4.69) is 37.8 Å². The maximum Gasteiger partial charge on any atom is 0.219 e. The highest BCUT2D eigenvalue weighted by molar-refractivity contribution is 7.80. The molecule has 42 heavy (non-hydrogen) atoms. The lowest BCUT2D eigenvalue weighted by atomic mass is 9.77. The van der Waals surface area contributed by atoms with Gasteiger partial charge in [-0.05, 0) is 59.6 Å². The molecule has 1 amide bonds. The van der Waals surface area contributed by atoms with Crippen molar-refractivity contribution in [3.63, 3.8) is 0 Å². The molecule has 0 spiro atoms. The van der Waals surface area contributed by atoms with E-state index in [-0.39, 0.29) is 59.4 Å². The Morgan fingerprint density at radius 3 is 1.10 bits per heavy atom. The molecular weight excluding hydrogens is 770 g/mol. The minimum atomic E-state index is -0.561. The first-order valence-electron chi connectivity index (χ1n) is 14.2. The van der Waals surface area contributed by atoms with Gasteiger partial charge in [0.2, 0.25) is 5.91 Å². The molecule has 0 aliphatic carbocycles. The van der Waals surface area contributed by atoms with Crippen LogP contribution in [0.15, 0.2) is 60.7 Å². The first kappa shape index (κ1) is 48.1. The fraction of sp³-hybridized carbons (Fsp3) is 0.588. The van der Waals surface area contributed by atoms with Crippen LogP contribution >= 0.6 is 12.2 Å². The number of amides is 1. The van der Waals surface area contributed by atoms with Crippen molar-refractivity contribution >= 4 is 23.1 Å². The zero-order valence-electron chi connectivity index (χ0n) is 29.1. The molecular formula is C34H58I2N2O3S-2. The summed E-state index contributed by atoms with van der Waals surface area (Å²) in [6.07, 6.45) is 0. The third-order valence-corrected chi connectivity index (χ3v) is 8.70. The van der Waals surface area contributed by atoms with Crippen molar-refractivity contribution in [2.75, 3.05) is 28.3 Å². The van der Waals surface area contributed by atoms with Crippen LogP contribution in [-0.4, -0.2) is 60.1 Å². The van der Waals surface area contributed by atoms with Crippen LogP contribution in [0.1, 0.15) is 94.2 Å². The fourth-order valence-corrected chi connectivity index (χ4v) is 4.61. The van der Waals surface area contributed by atoms with Crippen LogP contribution in [0.4, 0.5) is 0 Å². The quantitative estimate of drug-likeness (QED) is 0.303. The number of ether oxygens (including phenoxy) is 2. The Morgan fingerprint density at radius 1 is 0.619 bits per heavy atom. The lowest BCUT2D eigenvalue weighted by molar-refractivity contribution is -0.150. The van der Waals surface area contributed by atoms with Crippen LogP contribution in [0.3, 0.4) is 0 Å². The minimum absolute atomic E-state index is 0. The lowest BCUT2D eigenvalue weighted by Gasteiger charge is -2.49. The highest BCUT2D eigenvalue weighted by Gasteiger charge is 2.47. The Morgan fingerprint density at radius 2 is 0.881 bits per heavy atom. The molecule has 2 rings (SSSR count). The van der Waals surface area contributed by atoms with Gasteiger partial charge in [-0.1, -0.05) is 101 Å². The molecule has 0 N–H and O–H groups in total. The summed E-state index contributed by atoms with van der Waals surface area (Å²) >= 11 is 5.30. The number of thiocarbonyl (C=S) groups is 1. The zero-order valence-corrected chi connectivity index (χ0v) is 34.2. The van der Waals surface area contributed by atoms with Gasteiger partial charge in [0.1, 0.15) is 11.2 Å². The minimum Gasteiger partial charge on any atom is -1.00 e. The van der Waals surface area contributed by atoms with E-state index in [1.807, 2.05) is 118 Å². The van der Waals surface area contributed by atoms with Crippen molar-refractivity contribution in [3.8, 4) is 0 Å². The molecule has 0 aliphatic rings. The third kappa shape index (κ3) is 11.3. The summed E-state index contributed by atoms with van der Waals surface area (Å²) in [5, 5.41) is 0. The monoisotopic (exact) mass is 828 g/mol. The van der Waals surface area contributed by atoms with Gasteiger partial charge in [-0.2, -0.15) is 0 Å². The second-order valence-electron chi connectivity index (χ2n) is 10.5. The lowest BCUT2D eigenvalue weighted by Crippen LogP contribution is -3.00. The maximum atomic E-state index is 11.7. The van der Waals surface area contributed by atoms with Crippen LogP contribution in [-0.2, 0) is 25.5 Å². The van der Waals surface area contributed by atoms with Gasteiger partial charge in [0.05, 0.1) is 16.1 Å². The van der Waals surface area contributed by atoms with E-state index in [0.29, 0.717) is 0 Å². The molecule has 0 saturated heterocycles. The average molecular weight is 829 g/mol. The summed E-state index contributed by atoms with van der Waals surface area (Å²) in [6, 6.07) is 20.3. The number of nitrogens with zero attached hydrogens (tertiary/aromatic N) is 2. The Hall–Kier alpha value is -0.820. The number of halogens is 2. The molecule has 244 valence electrons. The summed E-state index contributed by atoms with van der Waals surface area (Å²) in [4.78, 5) is 16.3. The number of likely N-dealkylation sites (N-methyl/N-ethyl adjacent to an activating group) is 2. The highest BCUT2D eigenvalue weighted by Crippen LogP contribution is 2.40. The molecule has 2 aromatic carbocycles. The van der Waals surface area contributed by atoms with Gasteiger partial charge in [-0.3, -0.25) is 4.79 Å². The Balaban J connectivity index is -0.000000294. The number of hydrogen-bond acceptors (Lipinski definition) is 4. The maximum absolute atomic E-state index is 11.7. The van der Waals surface area contributed by atoms with Crippen LogP contribution in [0.2, 0.25) is 0 Å². The molecule has 0 saturated carbocycles. The van der Waals surface area contributed by atoms with Gasteiger partial charge >= 0.3 is 0 Å². The Bertz CT molecular complexity index is 925. The molecule has 2 aromatic rings. The molecule has 2 unspecified atom stereocenters. The first-order chi connectivity index (χ1) is 18.5. The number of benzene rings is 2. The van der Waals surface area contributed by atoms with Crippen molar-refractivity contribution in [1.82, 2.24) is 9.80 Å². The highest BCUT2D eigenvalue weighted by atomic mass is 127. The second-order valence-corrected chi connectivity index (χ2v) is 11.1. The van der Waals surface area contributed by atoms with E-state index in [0.717, 1.165) is 16.1 Å². The molecule has 8 heteroatoms. The fourth-order valence-electron chi connectivity index (χ4n) is 4.38. The van der Waals surface area contributed by atoms with Crippen molar-refractivity contribution in [2.45, 2.75) is 105 Å². The van der Waals surface area contributed by atoms with Gasteiger partial charge in [0.15, 0.2) is 0 Å². The largest absolute Gasteiger partial charge is 1.00 e. The molecule has 2 atom stereocenters. The first-order valence-corrected chi connectivity index (χ1v) is 14.7. The average Bonchev–Trinajstić information content (AvgIpc) is 2.98. The second kappa shape index (κ2) is 21.8. The Kier molecular flexibility index (Phi) is 25.0. The van der Waals surface area contributed by atoms with Gasteiger partial charge in [0.25, 0.3) is 0 Å².